The topological polar surface area (TPSA) is 79.3 Å². The number of carbonyl (C=O) groups is 2. The van der Waals surface area contributed by atoms with Crippen molar-refractivity contribution in [3.8, 4) is 16.9 Å². The lowest BCUT2D eigenvalue weighted by Gasteiger charge is -2.38. The van der Waals surface area contributed by atoms with E-state index in [1.807, 2.05) is 38.1 Å². The number of halogens is 3. The van der Waals surface area contributed by atoms with Gasteiger partial charge in [-0.15, -0.1) is 0 Å². The first kappa shape index (κ1) is 38.9. The Morgan fingerprint density at radius 1 is 0.922 bits per heavy atom. The zero-order valence-electron chi connectivity index (χ0n) is 29.8. The van der Waals surface area contributed by atoms with Crippen molar-refractivity contribution < 1.29 is 9.59 Å². The lowest BCUT2D eigenvalue weighted by molar-refractivity contribution is -0.134. The molecule has 1 saturated heterocycles. The number of aromatic nitrogens is 2. The molecule has 1 aliphatic rings. The van der Waals surface area contributed by atoms with Gasteiger partial charge in [-0.3, -0.25) is 9.59 Å². The summed E-state index contributed by atoms with van der Waals surface area (Å²) in [6.45, 7) is 6.25. The molecule has 0 spiro atoms. The minimum Gasteiger partial charge on any atom is -0.351 e. The van der Waals surface area contributed by atoms with Crippen molar-refractivity contribution in [1.82, 2.24) is 25.3 Å². The highest BCUT2D eigenvalue weighted by Crippen LogP contribution is 2.33. The molecular formula is C41H50Cl3N5O2. The van der Waals surface area contributed by atoms with Gasteiger partial charge in [-0.05, 0) is 87.9 Å². The second-order valence-electron chi connectivity index (χ2n) is 13.5. The van der Waals surface area contributed by atoms with E-state index in [9.17, 15) is 9.59 Å². The number of aryl methyl sites for hydroxylation is 1. The first-order valence-corrected chi connectivity index (χ1v) is 19.5. The normalized spacial score (nSPS) is 15.9. The second kappa shape index (κ2) is 19.5. The molecule has 0 bridgehead atoms. The van der Waals surface area contributed by atoms with Crippen LogP contribution in [0.1, 0.15) is 92.7 Å². The van der Waals surface area contributed by atoms with Crippen LogP contribution in [0.2, 0.25) is 15.1 Å². The van der Waals surface area contributed by atoms with Crippen molar-refractivity contribution in [1.29, 1.82) is 0 Å². The first-order chi connectivity index (χ1) is 24.7. The molecule has 2 N–H and O–H groups in total. The van der Waals surface area contributed by atoms with Gasteiger partial charge < -0.3 is 15.5 Å². The van der Waals surface area contributed by atoms with Crippen LogP contribution in [-0.4, -0.2) is 58.2 Å². The highest BCUT2D eigenvalue weighted by molar-refractivity contribution is 6.35. The van der Waals surface area contributed by atoms with Crippen LogP contribution >= 0.6 is 34.8 Å². The van der Waals surface area contributed by atoms with Crippen molar-refractivity contribution >= 4 is 46.6 Å². The average Bonchev–Trinajstić information content (AvgIpc) is 3.48. The Bertz CT molecular complexity index is 1730. The van der Waals surface area contributed by atoms with E-state index in [-0.39, 0.29) is 11.8 Å². The first-order valence-electron chi connectivity index (χ1n) is 18.4. The molecule has 2 amide bonds. The van der Waals surface area contributed by atoms with Gasteiger partial charge in [0, 0.05) is 52.8 Å². The van der Waals surface area contributed by atoms with Gasteiger partial charge in [0.05, 0.1) is 16.4 Å². The minimum absolute atomic E-state index is 0.215. The van der Waals surface area contributed by atoms with Crippen LogP contribution in [0, 0.1) is 6.92 Å². The zero-order chi connectivity index (χ0) is 36.2. The van der Waals surface area contributed by atoms with E-state index < -0.39 is 0 Å². The average molecular weight is 751 g/mol. The van der Waals surface area contributed by atoms with Crippen LogP contribution in [-0.2, 0) is 11.2 Å². The summed E-state index contributed by atoms with van der Waals surface area (Å²) in [5.41, 5.74) is 4.75. The van der Waals surface area contributed by atoms with Crippen LogP contribution < -0.4 is 10.6 Å². The summed E-state index contributed by atoms with van der Waals surface area (Å²) >= 11 is 18.9. The molecule has 272 valence electrons. The van der Waals surface area contributed by atoms with Gasteiger partial charge in [0.25, 0.3) is 5.91 Å². The maximum Gasteiger partial charge on any atom is 0.272 e. The molecule has 0 saturated carbocycles. The summed E-state index contributed by atoms with van der Waals surface area (Å²) in [7, 11) is 0. The van der Waals surface area contributed by atoms with E-state index >= 15 is 0 Å². The highest BCUT2D eigenvalue weighted by atomic mass is 35.5. The van der Waals surface area contributed by atoms with Crippen LogP contribution in [0.3, 0.4) is 0 Å². The molecule has 0 aliphatic carbocycles. The largest absolute Gasteiger partial charge is 0.351 e. The SMILES string of the molecule is CCC(=O)N(CCCCCCCCNC(=O)c1nn(-c2ccc(Cl)cc2Cl)c(-c2ccc(Cl)cc2)c1C)C1CCNC(CCc2ccccc2)C1. The van der Waals surface area contributed by atoms with Crippen LogP contribution in [0.15, 0.2) is 72.8 Å². The van der Waals surface area contributed by atoms with Gasteiger partial charge in [-0.1, -0.05) is 110 Å². The van der Waals surface area contributed by atoms with E-state index in [4.69, 9.17) is 39.9 Å². The van der Waals surface area contributed by atoms with E-state index in [1.54, 1.807) is 22.9 Å². The predicted molar refractivity (Wildman–Crippen MR) is 210 cm³/mol. The molecule has 4 aromatic rings. The van der Waals surface area contributed by atoms with Crippen LogP contribution in [0.5, 0.6) is 0 Å². The summed E-state index contributed by atoms with van der Waals surface area (Å²) in [5, 5.41) is 13.1. The Morgan fingerprint density at radius 3 is 2.35 bits per heavy atom. The van der Waals surface area contributed by atoms with E-state index in [1.165, 1.54) is 5.56 Å². The molecule has 2 atom stereocenters. The lowest BCUT2D eigenvalue weighted by atomic mass is 9.93. The van der Waals surface area contributed by atoms with Gasteiger partial charge in [-0.25, -0.2) is 4.68 Å². The maximum atomic E-state index is 13.4. The molecule has 1 aromatic heterocycles. The molecule has 5 rings (SSSR count). The summed E-state index contributed by atoms with van der Waals surface area (Å²) in [6.07, 6.45) is 11.0. The molecular weight excluding hydrogens is 701 g/mol. The Hall–Kier alpha value is -3.36. The smallest absolute Gasteiger partial charge is 0.272 e. The Morgan fingerprint density at radius 2 is 1.63 bits per heavy atom. The van der Waals surface area contributed by atoms with Gasteiger partial charge in [0.2, 0.25) is 5.91 Å². The highest BCUT2D eigenvalue weighted by Gasteiger charge is 2.28. The van der Waals surface area contributed by atoms with E-state index in [0.717, 1.165) is 94.1 Å². The molecule has 51 heavy (non-hydrogen) atoms. The van der Waals surface area contributed by atoms with Crippen molar-refractivity contribution in [2.24, 2.45) is 0 Å². The number of hydrogen-bond donors (Lipinski definition) is 2. The third kappa shape index (κ3) is 10.8. The Kier molecular flexibility index (Phi) is 14.8. The van der Waals surface area contributed by atoms with Gasteiger partial charge in [-0.2, -0.15) is 5.10 Å². The standard InChI is InChI=1S/C41H50Cl3N5O2/c1-3-38(50)48(35-23-25-45-34(28-35)21-15-30-13-9-8-10-14-30)26-12-7-5-4-6-11-24-46-41(51)39-29(2)40(31-16-18-32(42)19-17-31)49(47-39)37-22-20-33(43)27-36(37)44/h8-10,13-14,16-20,22,27,34-35,45H,3-7,11-12,15,21,23-26,28H2,1-2H3,(H,46,51). The zero-order valence-corrected chi connectivity index (χ0v) is 32.0. The van der Waals surface area contributed by atoms with E-state index in [0.29, 0.717) is 51.5 Å². The fourth-order valence-electron chi connectivity index (χ4n) is 7.07. The predicted octanol–water partition coefficient (Wildman–Crippen LogP) is 9.87. The number of rotatable bonds is 17. The molecule has 2 unspecified atom stereocenters. The summed E-state index contributed by atoms with van der Waals surface area (Å²) < 4.78 is 1.71. The third-order valence-corrected chi connectivity index (χ3v) is 10.6. The summed E-state index contributed by atoms with van der Waals surface area (Å²) in [4.78, 5) is 28.5. The molecule has 7 nitrogen and oxygen atoms in total. The lowest BCUT2D eigenvalue weighted by Crippen LogP contribution is -2.50. The number of hydrogen-bond acceptors (Lipinski definition) is 4. The number of nitrogens with one attached hydrogen (secondary N) is 2. The van der Waals surface area contributed by atoms with Crippen molar-refractivity contribution in [2.45, 2.75) is 96.6 Å². The molecule has 2 heterocycles. The summed E-state index contributed by atoms with van der Waals surface area (Å²) in [6, 6.07) is 24.1. The monoisotopic (exact) mass is 749 g/mol. The van der Waals surface area contributed by atoms with Gasteiger partial charge in [0.15, 0.2) is 5.69 Å². The fourth-order valence-corrected chi connectivity index (χ4v) is 7.69. The number of amides is 2. The number of benzene rings is 3. The fraction of sp³-hybridized carbons (Fsp3) is 0.439. The van der Waals surface area contributed by atoms with Gasteiger partial charge >= 0.3 is 0 Å². The molecule has 10 heteroatoms. The molecule has 1 fully saturated rings. The number of unbranched alkanes of at least 4 members (excludes halogenated alkanes) is 5. The van der Waals surface area contributed by atoms with Gasteiger partial charge in [0.1, 0.15) is 0 Å². The molecule has 3 aromatic carbocycles. The minimum atomic E-state index is -0.215. The number of carbonyl (C=O) groups excluding carboxylic acids is 2. The van der Waals surface area contributed by atoms with Crippen molar-refractivity contribution in [3.05, 3.63) is 105 Å². The Labute approximate surface area is 318 Å². The third-order valence-electron chi connectivity index (χ3n) is 9.86. The number of piperidine rings is 1. The second-order valence-corrected chi connectivity index (χ2v) is 14.8. The quantitative estimate of drug-likeness (QED) is 0.105. The van der Waals surface area contributed by atoms with Crippen LogP contribution in [0.25, 0.3) is 16.9 Å². The van der Waals surface area contributed by atoms with Crippen molar-refractivity contribution in [2.75, 3.05) is 19.6 Å². The number of nitrogens with zero attached hydrogens (tertiary/aromatic N) is 3. The summed E-state index contributed by atoms with van der Waals surface area (Å²) in [5.74, 6) is 0.0588. The molecule has 1 aliphatic heterocycles. The molecule has 0 radical (unpaired) electrons. The van der Waals surface area contributed by atoms with Crippen LogP contribution in [0.4, 0.5) is 0 Å². The maximum absolute atomic E-state index is 13.4. The van der Waals surface area contributed by atoms with E-state index in [2.05, 4.69) is 45.9 Å². The Balaban J connectivity index is 1.06. The van der Waals surface area contributed by atoms with Crippen molar-refractivity contribution in [3.63, 3.8) is 0 Å².